The Balaban J connectivity index is 3.72. The summed E-state index contributed by atoms with van der Waals surface area (Å²) < 4.78 is 4.97. The first-order valence-corrected chi connectivity index (χ1v) is 4.21. The molecule has 0 fully saturated rings. The third kappa shape index (κ3) is 7.13. The van der Waals surface area contributed by atoms with E-state index in [2.05, 4.69) is 5.32 Å². The smallest absolute Gasteiger partial charge is 0.407 e. The third-order valence-corrected chi connectivity index (χ3v) is 1.17. The van der Waals surface area contributed by atoms with Crippen molar-refractivity contribution in [1.82, 2.24) is 5.32 Å². The Bertz CT molecular complexity index is 213. The lowest BCUT2D eigenvalue weighted by Gasteiger charge is -2.19. The van der Waals surface area contributed by atoms with Crippen molar-refractivity contribution in [3.8, 4) is 6.07 Å². The van der Waals surface area contributed by atoms with E-state index in [-0.39, 0.29) is 5.92 Å². The molecule has 0 aliphatic rings. The zero-order chi connectivity index (χ0) is 10.5. The van der Waals surface area contributed by atoms with Gasteiger partial charge >= 0.3 is 6.09 Å². The highest BCUT2D eigenvalue weighted by molar-refractivity contribution is 5.67. The summed E-state index contributed by atoms with van der Waals surface area (Å²) in [7, 11) is 0. The van der Waals surface area contributed by atoms with Crippen LogP contribution in [0.3, 0.4) is 0 Å². The quantitative estimate of drug-likeness (QED) is 0.710. The summed E-state index contributed by atoms with van der Waals surface area (Å²) in [5, 5.41) is 10.9. The summed E-state index contributed by atoms with van der Waals surface area (Å²) in [6, 6.07) is 2.01. The Labute approximate surface area is 78.9 Å². The molecule has 1 N–H and O–H groups in total. The highest BCUT2D eigenvalue weighted by Crippen LogP contribution is 2.06. The van der Waals surface area contributed by atoms with Crippen LogP contribution in [0.4, 0.5) is 4.79 Å². The van der Waals surface area contributed by atoms with E-state index in [0.717, 1.165) is 0 Å². The molecule has 4 heteroatoms. The topological polar surface area (TPSA) is 62.1 Å². The molecule has 0 unspecified atom stereocenters. The highest BCUT2D eigenvalue weighted by Gasteiger charge is 2.15. The molecule has 0 aliphatic heterocycles. The number of alkyl carbamates (subject to hydrolysis) is 1. The predicted octanol–water partition coefficient (Wildman–Crippen LogP) is 1.67. The maximum atomic E-state index is 11.0. The zero-order valence-electron chi connectivity index (χ0n) is 8.55. The van der Waals surface area contributed by atoms with Crippen molar-refractivity contribution in [2.45, 2.75) is 33.3 Å². The third-order valence-electron chi connectivity index (χ3n) is 1.17. The number of hydrogen-bond donors (Lipinski definition) is 1. The van der Waals surface area contributed by atoms with Gasteiger partial charge in [-0.15, -0.1) is 0 Å². The summed E-state index contributed by atoms with van der Waals surface area (Å²) in [5.74, 6) is -0.187. The normalized spacial score (nSPS) is 12.8. The number of rotatable bonds is 2. The molecule has 0 rings (SSSR count). The molecule has 1 atom stereocenters. The Kier molecular flexibility index (Phi) is 4.26. The first-order chi connectivity index (χ1) is 5.85. The van der Waals surface area contributed by atoms with Crippen molar-refractivity contribution in [3.05, 3.63) is 0 Å². The number of ether oxygens (including phenoxy) is 1. The molecule has 0 heterocycles. The van der Waals surface area contributed by atoms with Crippen LogP contribution in [0.25, 0.3) is 0 Å². The number of nitrogens with one attached hydrogen (secondary N) is 1. The van der Waals surface area contributed by atoms with Crippen LogP contribution in [0.1, 0.15) is 27.7 Å². The van der Waals surface area contributed by atoms with Gasteiger partial charge in [0.25, 0.3) is 0 Å². The number of nitrogens with zero attached hydrogens (tertiary/aromatic N) is 1. The first-order valence-electron chi connectivity index (χ1n) is 4.21. The van der Waals surface area contributed by atoms with Gasteiger partial charge in [0.15, 0.2) is 0 Å². The minimum Gasteiger partial charge on any atom is -0.444 e. The molecular formula is C9H16N2O2. The highest BCUT2D eigenvalue weighted by atomic mass is 16.6. The molecule has 0 aromatic rings. The lowest BCUT2D eigenvalue weighted by atomic mass is 10.2. The zero-order valence-corrected chi connectivity index (χ0v) is 8.55. The molecule has 0 saturated carbocycles. The van der Waals surface area contributed by atoms with E-state index in [9.17, 15) is 4.79 Å². The molecule has 4 nitrogen and oxygen atoms in total. The van der Waals surface area contributed by atoms with E-state index in [4.69, 9.17) is 10.00 Å². The van der Waals surface area contributed by atoms with Crippen molar-refractivity contribution in [1.29, 1.82) is 5.26 Å². The van der Waals surface area contributed by atoms with Crippen LogP contribution in [0.2, 0.25) is 0 Å². The van der Waals surface area contributed by atoms with Gasteiger partial charge in [-0.3, -0.25) is 0 Å². The van der Waals surface area contributed by atoms with Gasteiger partial charge in [0.1, 0.15) is 5.60 Å². The fourth-order valence-electron chi connectivity index (χ4n) is 0.596. The Morgan fingerprint density at radius 2 is 2.15 bits per heavy atom. The molecule has 0 bridgehead atoms. The Morgan fingerprint density at radius 1 is 1.62 bits per heavy atom. The van der Waals surface area contributed by atoms with Crippen LogP contribution < -0.4 is 5.32 Å². The van der Waals surface area contributed by atoms with Gasteiger partial charge in [0, 0.05) is 6.54 Å². The van der Waals surface area contributed by atoms with Crippen LogP contribution in [0, 0.1) is 17.2 Å². The number of hydrogen-bond acceptors (Lipinski definition) is 3. The average Bonchev–Trinajstić information content (AvgIpc) is 1.97. The lowest BCUT2D eigenvalue weighted by Crippen LogP contribution is -2.34. The molecule has 0 aromatic heterocycles. The van der Waals surface area contributed by atoms with Crippen molar-refractivity contribution < 1.29 is 9.53 Å². The maximum absolute atomic E-state index is 11.0. The second-order valence-corrected chi connectivity index (χ2v) is 3.91. The van der Waals surface area contributed by atoms with Gasteiger partial charge in [-0.05, 0) is 27.7 Å². The predicted molar refractivity (Wildman–Crippen MR) is 49.0 cm³/mol. The molecular weight excluding hydrogens is 168 g/mol. The lowest BCUT2D eigenvalue weighted by molar-refractivity contribution is 0.0524. The summed E-state index contributed by atoms with van der Waals surface area (Å²) in [4.78, 5) is 11.0. The van der Waals surface area contributed by atoms with Gasteiger partial charge in [-0.2, -0.15) is 5.26 Å². The number of amides is 1. The van der Waals surface area contributed by atoms with Crippen LogP contribution in [-0.2, 0) is 4.74 Å². The van der Waals surface area contributed by atoms with Crippen molar-refractivity contribution in [2.75, 3.05) is 6.54 Å². The minimum atomic E-state index is -0.486. The number of carbonyl (C=O) groups is 1. The van der Waals surface area contributed by atoms with Gasteiger partial charge in [0.2, 0.25) is 0 Å². The molecule has 0 radical (unpaired) electrons. The summed E-state index contributed by atoms with van der Waals surface area (Å²) in [5.41, 5.74) is -0.486. The van der Waals surface area contributed by atoms with Crippen molar-refractivity contribution in [3.63, 3.8) is 0 Å². The fraction of sp³-hybridized carbons (Fsp3) is 0.778. The molecule has 13 heavy (non-hydrogen) atoms. The summed E-state index contributed by atoms with van der Waals surface area (Å²) in [6.45, 7) is 7.43. The van der Waals surface area contributed by atoms with E-state index < -0.39 is 11.7 Å². The second-order valence-electron chi connectivity index (χ2n) is 3.91. The fourth-order valence-corrected chi connectivity index (χ4v) is 0.596. The Hall–Kier alpha value is -1.24. The molecule has 0 aliphatic carbocycles. The van der Waals surface area contributed by atoms with Crippen LogP contribution in [0.15, 0.2) is 0 Å². The van der Waals surface area contributed by atoms with Crippen molar-refractivity contribution in [2.24, 2.45) is 5.92 Å². The van der Waals surface area contributed by atoms with Crippen molar-refractivity contribution >= 4 is 6.09 Å². The van der Waals surface area contributed by atoms with E-state index in [1.54, 1.807) is 27.7 Å². The van der Waals surface area contributed by atoms with Gasteiger partial charge in [-0.25, -0.2) is 4.79 Å². The van der Waals surface area contributed by atoms with E-state index in [0.29, 0.717) is 6.54 Å². The second kappa shape index (κ2) is 4.70. The SMILES string of the molecule is C[C@@H](C#N)CNC(=O)OC(C)(C)C. The minimum absolute atomic E-state index is 0.187. The van der Waals surface area contributed by atoms with E-state index in [1.807, 2.05) is 6.07 Å². The van der Waals surface area contributed by atoms with Gasteiger partial charge < -0.3 is 10.1 Å². The van der Waals surface area contributed by atoms with Crippen LogP contribution in [0.5, 0.6) is 0 Å². The van der Waals surface area contributed by atoms with Crippen LogP contribution >= 0.6 is 0 Å². The number of nitriles is 1. The molecule has 0 aromatic carbocycles. The molecule has 0 spiro atoms. The molecule has 0 saturated heterocycles. The average molecular weight is 184 g/mol. The van der Waals surface area contributed by atoms with Gasteiger partial charge in [0.05, 0.1) is 12.0 Å². The monoisotopic (exact) mass is 184 g/mol. The van der Waals surface area contributed by atoms with Crippen LogP contribution in [-0.4, -0.2) is 18.2 Å². The first kappa shape index (κ1) is 11.8. The molecule has 74 valence electrons. The van der Waals surface area contributed by atoms with Gasteiger partial charge in [-0.1, -0.05) is 0 Å². The number of carbonyl (C=O) groups excluding carboxylic acids is 1. The largest absolute Gasteiger partial charge is 0.444 e. The maximum Gasteiger partial charge on any atom is 0.407 e. The van der Waals surface area contributed by atoms with E-state index >= 15 is 0 Å². The standard InChI is InChI=1S/C9H16N2O2/c1-7(5-10)6-11-8(12)13-9(2,3)4/h7H,6H2,1-4H3,(H,11,12)/t7-/m0/s1. The van der Waals surface area contributed by atoms with E-state index in [1.165, 1.54) is 0 Å². The summed E-state index contributed by atoms with van der Waals surface area (Å²) >= 11 is 0. The summed E-state index contributed by atoms with van der Waals surface area (Å²) in [6.07, 6.45) is -0.477. The Morgan fingerprint density at radius 3 is 2.54 bits per heavy atom. The molecule has 1 amide bonds.